The van der Waals surface area contributed by atoms with Gasteiger partial charge >= 0.3 is 10.4 Å². The van der Waals surface area contributed by atoms with Crippen molar-refractivity contribution in [1.82, 2.24) is 0 Å². The van der Waals surface area contributed by atoms with Crippen LogP contribution >= 0.6 is 0 Å². The fraction of sp³-hybridized carbons (Fsp3) is 0.857. The minimum Gasteiger partial charge on any atom is -0.862 e. The Balaban J connectivity index is 0.00000413. The summed E-state index contributed by atoms with van der Waals surface area (Å²) in [5.41, 5.74) is 0. The lowest BCUT2D eigenvalue weighted by Crippen LogP contribution is -2.48. The Morgan fingerprint density at radius 2 is 1.26 bits per heavy atom. The van der Waals surface area contributed by atoms with E-state index in [1.54, 1.807) is 0 Å². The van der Waals surface area contributed by atoms with Crippen LogP contribution < -0.4 is 5.11 Å². The summed E-state index contributed by atoms with van der Waals surface area (Å²) in [5, 5.41) is 32.5. The lowest BCUT2D eigenvalue weighted by atomic mass is 10.1. The smallest absolute Gasteiger partial charge is 0.397 e. The van der Waals surface area contributed by atoms with E-state index in [1.807, 2.05) is 0 Å². The molecule has 0 saturated heterocycles. The average molecular weight is 772 g/mol. The molecule has 1 rings (SSSR count). The van der Waals surface area contributed by atoms with Gasteiger partial charge in [-0.15, -0.1) is 0 Å². The van der Waals surface area contributed by atoms with Crippen LogP contribution in [0, 0.1) is 0 Å². The molecule has 0 saturated carbocycles. The van der Waals surface area contributed by atoms with Crippen molar-refractivity contribution in [2.45, 2.75) is 193 Å². The van der Waals surface area contributed by atoms with Crippen molar-refractivity contribution in [2.75, 3.05) is 40.3 Å². The van der Waals surface area contributed by atoms with Crippen LogP contribution in [0.2, 0.25) is 0 Å². The summed E-state index contributed by atoms with van der Waals surface area (Å²) in [6.07, 6.45) is 37.4. The fourth-order valence-corrected chi connectivity index (χ4v) is 6.50. The molecule has 1 heterocycles. The van der Waals surface area contributed by atoms with Crippen molar-refractivity contribution in [3.8, 4) is 0 Å². The Morgan fingerprint density at radius 1 is 0.792 bits per heavy atom. The molecule has 0 aromatic carbocycles. The topological polar surface area (TPSA) is 152 Å². The number of allylic oxidation sites excluding steroid dienone is 2. The molecule has 3 N–H and O–H groups in total. The quantitative estimate of drug-likeness (QED) is 0.0147. The summed E-state index contributed by atoms with van der Waals surface area (Å²) in [4.78, 5) is 9.24. The van der Waals surface area contributed by atoms with Gasteiger partial charge in [0, 0.05) is 6.42 Å². The van der Waals surface area contributed by atoms with Gasteiger partial charge in [-0.2, -0.15) is 8.42 Å². The minimum absolute atomic E-state index is 0.0684. The molecule has 1 aliphatic rings. The van der Waals surface area contributed by atoms with Crippen LogP contribution in [-0.4, -0.2) is 91.9 Å². The standard InChI is InChI=1S/C41H77N3O3.CH4O4S/c1-4-6-8-22-28-38(45)30-24-18-14-10-12-16-20-26-32-40-42-34-36-44(40,3)37-35-43-41(47)33-27-21-17-13-11-15-19-25-31-39(46)29-23-9-7-5-2;1-5-6(2,3)4/h18-19,24-25,38-39,45-46H,4-17,20-23,26-37H2,1-3H3;1H3,(H,2,3,4)/b24-18-,25-19-;/t38-,39-,44?;/m1./s1. The molecule has 11 heteroatoms. The molecule has 0 aromatic rings. The lowest BCUT2D eigenvalue weighted by Gasteiger charge is -2.30. The summed E-state index contributed by atoms with van der Waals surface area (Å²) < 4.78 is 30.6. The van der Waals surface area contributed by atoms with Crippen molar-refractivity contribution in [1.29, 1.82) is 0 Å². The third-order valence-electron chi connectivity index (χ3n) is 10.1. The third-order valence-corrected chi connectivity index (χ3v) is 10.5. The fourth-order valence-electron chi connectivity index (χ4n) is 6.50. The van der Waals surface area contributed by atoms with E-state index in [0.717, 1.165) is 102 Å². The molecule has 3 atom stereocenters. The van der Waals surface area contributed by atoms with Crippen LogP contribution in [-0.2, 0) is 14.6 Å². The Bertz CT molecular complexity index is 1080. The molecule has 0 amide bonds. The number of amidine groups is 1. The van der Waals surface area contributed by atoms with Crippen LogP contribution in [0.25, 0.3) is 0 Å². The predicted octanol–water partition coefficient (Wildman–Crippen LogP) is 9.06. The van der Waals surface area contributed by atoms with Gasteiger partial charge in [-0.3, -0.25) is 18.2 Å². The van der Waals surface area contributed by atoms with Crippen molar-refractivity contribution >= 4 is 22.1 Å². The highest BCUT2D eigenvalue weighted by molar-refractivity contribution is 7.80. The molecule has 0 spiro atoms. The SMILES string of the molecule is CCCCCC[C@@H](O)C/C=C\CCCCCCCC([O-])=NCC[N+]1(C)CCN=C1CCCCCCC/C=C\C[C@H](O)CCCCCC.COS(=O)(=O)O. The van der Waals surface area contributed by atoms with Gasteiger partial charge in [-0.25, -0.2) is 4.99 Å². The second kappa shape index (κ2) is 34.8. The van der Waals surface area contributed by atoms with Crippen LogP contribution in [0.4, 0.5) is 0 Å². The maximum absolute atomic E-state index is 12.4. The number of quaternary nitrogens is 1. The predicted molar refractivity (Wildman–Crippen MR) is 221 cm³/mol. The first kappa shape index (κ1) is 51.4. The zero-order valence-corrected chi connectivity index (χ0v) is 35.2. The second-order valence-corrected chi connectivity index (χ2v) is 16.2. The van der Waals surface area contributed by atoms with Gasteiger partial charge in [-0.1, -0.05) is 128 Å². The molecule has 1 aliphatic heterocycles. The van der Waals surface area contributed by atoms with Gasteiger partial charge in [0.25, 0.3) is 0 Å². The average Bonchev–Trinajstić information content (AvgIpc) is 3.49. The Morgan fingerprint density at radius 3 is 1.77 bits per heavy atom. The maximum atomic E-state index is 12.4. The van der Waals surface area contributed by atoms with E-state index in [2.05, 4.69) is 54.4 Å². The van der Waals surface area contributed by atoms with E-state index < -0.39 is 10.4 Å². The Kier molecular flexibility index (Phi) is 33.8. The number of rotatable bonds is 34. The number of aliphatic imine (C=N–C) groups is 2. The minimum atomic E-state index is -4.16. The normalized spacial score (nSPS) is 17.7. The summed E-state index contributed by atoms with van der Waals surface area (Å²) in [6.45, 7) is 7.87. The van der Waals surface area contributed by atoms with Crippen LogP contribution in [0.15, 0.2) is 34.3 Å². The number of aliphatic hydroxyl groups is 2. The number of hydrogen-bond donors (Lipinski definition) is 3. The monoisotopic (exact) mass is 772 g/mol. The van der Waals surface area contributed by atoms with E-state index in [9.17, 15) is 23.7 Å². The Hall–Kier alpha value is -1.63. The van der Waals surface area contributed by atoms with E-state index in [1.165, 1.54) is 95.7 Å². The third kappa shape index (κ3) is 33.4. The first-order valence-electron chi connectivity index (χ1n) is 21.2. The summed E-state index contributed by atoms with van der Waals surface area (Å²) in [5.74, 6) is 1.37. The van der Waals surface area contributed by atoms with E-state index in [4.69, 9.17) is 9.55 Å². The number of aliphatic hydroxyl groups excluding tert-OH is 2. The van der Waals surface area contributed by atoms with Crippen LogP contribution in [0.3, 0.4) is 0 Å². The zero-order chi connectivity index (χ0) is 39.5. The van der Waals surface area contributed by atoms with Gasteiger partial charge in [0.1, 0.15) is 13.1 Å². The molecule has 312 valence electrons. The number of likely N-dealkylation sites (N-methyl/N-ethyl adjacent to an activating group) is 1. The largest absolute Gasteiger partial charge is 0.862 e. The van der Waals surface area contributed by atoms with Crippen LogP contribution in [0.5, 0.6) is 0 Å². The molecule has 1 unspecified atom stereocenters. The van der Waals surface area contributed by atoms with E-state index in [-0.39, 0.29) is 18.1 Å². The van der Waals surface area contributed by atoms with Crippen molar-refractivity contribution in [3.05, 3.63) is 24.3 Å². The molecule has 0 fully saturated rings. The first-order valence-corrected chi connectivity index (χ1v) is 22.6. The molecule has 53 heavy (non-hydrogen) atoms. The number of nitrogens with zero attached hydrogens (tertiary/aromatic N) is 3. The second-order valence-electron chi connectivity index (χ2n) is 15.0. The van der Waals surface area contributed by atoms with Gasteiger partial charge in [0.2, 0.25) is 0 Å². The van der Waals surface area contributed by atoms with Crippen molar-refractivity contribution in [2.24, 2.45) is 9.98 Å². The summed E-state index contributed by atoms with van der Waals surface area (Å²) in [6, 6.07) is 0. The first-order chi connectivity index (χ1) is 25.5. The van der Waals surface area contributed by atoms with E-state index >= 15 is 0 Å². The number of hydrogen-bond acceptors (Lipinski definition) is 8. The molecular weight excluding hydrogens is 691 g/mol. The maximum Gasteiger partial charge on any atom is 0.397 e. The molecule has 0 radical (unpaired) electrons. The van der Waals surface area contributed by atoms with E-state index in [0.29, 0.717) is 13.0 Å². The Labute approximate surface area is 325 Å². The van der Waals surface area contributed by atoms with Gasteiger partial charge < -0.3 is 15.3 Å². The summed E-state index contributed by atoms with van der Waals surface area (Å²) in [7, 11) is -1.02. The highest BCUT2D eigenvalue weighted by Crippen LogP contribution is 2.18. The molecule has 0 bridgehead atoms. The molecule has 0 aliphatic carbocycles. The van der Waals surface area contributed by atoms with Gasteiger partial charge in [0.15, 0.2) is 5.84 Å². The van der Waals surface area contributed by atoms with Gasteiger partial charge in [-0.05, 0) is 76.5 Å². The highest BCUT2D eigenvalue weighted by Gasteiger charge is 2.32. The zero-order valence-electron chi connectivity index (χ0n) is 34.4. The molecular formula is C42H81N3O7S. The van der Waals surface area contributed by atoms with Gasteiger partial charge in [0.05, 0.1) is 39.5 Å². The highest BCUT2D eigenvalue weighted by atomic mass is 32.3. The van der Waals surface area contributed by atoms with Crippen LogP contribution in [0.1, 0.15) is 181 Å². The lowest BCUT2D eigenvalue weighted by molar-refractivity contribution is -0.813. The summed E-state index contributed by atoms with van der Waals surface area (Å²) >= 11 is 0. The molecule has 0 aromatic heterocycles. The number of unbranched alkanes of at least 4 members (excludes halogenated alkanes) is 16. The van der Waals surface area contributed by atoms with Crippen molar-refractivity contribution < 1.29 is 37.0 Å². The van der Waals surface area contributed by atoms with Crippen molar-refractivity contribution in [3.63, 3.8) is 0 Å². The molecule has 10 nitrogen and oxygen atoms in total.